The number of hydrogen-bond donors (Lipinski definition) is 1. The lowest BCUT2D eigenvalue weighted by molar-refractivity contribution is 0.805. The van der Waals surface area contributed by atoms with E-state index in [9.17, 15) is 0 Å². The second kappa shape index (κ2) is 2.88. The lowest BCUT2D eigenvalue weighted by Gasteiger charge is -2.00. The molecule has 1 aromatic rings. The van der Waals surface area contributed by atoms with Crippen molar-refractivity contribution in [2.75, 3.05) is 0 Å². The van der Waals surface area contributed by atoms with E-state index in [0.29, 0.717) is 5.49 Å². The molecule has 0 aliphatic rings. The molecule has 1 N–H and O–H groups in total. The normalized spacial score (nSPS) is 9.90. The standard InChI is InChI=1S/C6H6Br2N2/c1-10-3-4(7)2-5(8)6(10)9/h2-3,9H,1H3. The maximum atomic E-state index is 7.44. The van der Waals surface area contributed by atoms with E-state index in [1.54, 1.807) is 4.57 Å². The van der Waals surface area contributed by atoms with E-state index in [1.165, 1.54) is 0 Å². The molecule has 54 valence electrons. The van der Waals surface area contributed by atoms with Crippen LogP contribution in [0.15, 0.2) is 21.2 Å². The van der Waals surface area contributed by atoms with Crippen LogP contribution in [0.1, 0.15) is 0 Å². The van der Waals surface area contributed by atoms with Crippen LogP contribution in [0.5, 0.6) is 0 Å². The van der Waals surface area contributed by atoms with Crippen LogP contribution in [0.25, 0.3) is 0 Å². The maximum Gasteiger partial charge on any atom is 0.139 e. The Labute approximate surface area is 75.6 Å². The highest BCUT2D eigenvalue weighted by molar-refractivity contribution is 9.11. The van der Waals surface area contributed by atoms with Crippen molar-refractivity contribution in [3.8, 4) is 0 Å². The number of nitrogens with one attached hydrogen (secondary N) is 1. The van der Waals surface area contributed by atoms with Gasteiger partial charge in [0.25, 0.3) is 0 Å². The van der Waals surface area contributed by atoms with Crippen molar-refractivity contribution >= 4 is 31.9 Å². The summed E-state index contributed by atoms with van der Waals surface area (Å²) in [5.74, 6) is 0. The highest BCUT2D eigenvalue weighted by Crippen LogP contribution is 2.11. The number of hydrogen-bond acceptors (Lipinski definition) is 1. The topological polar surface area (TPSA) is 28.8 Å². The van der Waals surface area contributed by atoms with Gasteiger partial charge in [0, 0.05) is 17.7 Å². The van der Waals surface area contributed by atoms with Gasteiger partial charge in [-0.05, 0) is 37.9 Å². The molecule has 0 fully saturated rings. The van der Waals surface area contributed by atoms with Gasteiger partial charge in [-0.1, -0.05) is 0 Å². The van der Waals surface area contributed by atoms with Crippen LogP contribution in [0.3, 0.4) is 0 Å². The monoisotopic (exact) mass is 264 g/mol. The minimum Gasteiger partial charge on any atom is -0.335 e. The van der Waals surface area contributed by atoms with Crippen LogP contribution in [0.2, 0.25) is 0 Å². The molecule has 1 aromatic heterocycles. The van der Waals surface area contributed by atoms with Gasteiger partial charge in [0.15, 0.2) is 0 Å². The second-order valence-electron chi connectivity index (χ2n) is 1.97. The Morgan fingerprint density at radius 1 is 1.50 bits per heavy atom. The van der Waals surface area contributed by atoms with Crippen LogP contribution >= 0.6 is 31.9 Å². The minimum atomic E-state index is 0.475. The molecule has 4 heteroatoms. The van der Waals surface area contributed by atoms with Crippen LogP contribution < -0.4 is 5.49 Å². The van der Waals surface area contributed by atoms with Gasteiger partial charge >= 0.3 is 0 Å². The summed E-state index contributed by atoms with van der Waals surface area (Å²) < 4.78 is 3.50. The van der Waals surface area contributed by atoms with Crippen LogP contribution in [0, 0.1) is 5.41 Å². The van der Waals surface area contributed by atoms with E-state index in [1.807, 2.05) is 19.3 Å². The van der Waals surface area contributed by atoms with Crippen molar-refractivity contribution < 1.29 is 0 Å². The summed E-state index contributed by atoms with van der Waals surface area (Å²) in [6.45, 7) is 0. The van der Waals surface area contributed by atoms with Crippen molar-refractivity contribution in [2.45, 2.75) is 0 Å². The second-order valence-corrected chi connectivity index (χ2v) is 3.74. The number of rotatable bonds is 0. The number of aromatic nitrogens is 1. The Hall–Kier alpha value is -0.0900. The van der Waals surface area contributed by atoms with Gasteiger partial charge in [0.2, 0.25) is 0 Å². The quantitative estimate of drug-likeness (QED) is 0.744. The van der Waals surface area contributed by atoms with Crippen LogP contribution in [-0.4, -0.2) is 4.57 Å². The molecule has 1 heterocycles. The van der Waals surface area contributed by atoms with E-state index in [2.05, 4.69) is 31.9 Å². The summed E-state index contributed by atoms with van der Waals surface area (Å²) in [6, 6.07) is 1.85. The SMILES string of the molecule is Cn1cc(Br)cc(Br)c1=N. The lowest BCUT2D eigenvalue weighted by atomic mass is 10.5. The van der Waals surface area contributed by atoms with E-state index in [0.717, 1.165) is 8.95 Å². The molecular weight excluding hydrogens is 260 g/mol. The zero-order valence-electron chi connectivity index (χ0n) is 5.36. The average molecular weight is 266 g/mol. The largest absolute Gasteiger partial charge is 0.335 e. The van der Waals surface area contributed by atoms with Crippen molar-refractivity contribution in [1.29, 1.82) is 5.41 Å². The Morgan fingerprint density at radius 2 is 2.10 bits per heavy atom. The minimum absolute atomic E-state index is 0.475. The Morgan fingerprint density at radius 3 is 2.60 bits per heavy atom. The van der Waals surface area contributed by atoms with Gasteiger partial charge in [-0.15, -0.1) is 0 Å². The molecule has 0 bridgehead atoms. The first kappa shape index (κ1) is 8.01. The zero-order chi connectivity index (χ0) is 7.72. The molecule has 0 aliphatic carbocycles. The number of halogens is 2. The Balaban J connectivity index is 3.46. The lowest BCUT2D eigenvalue weighted by Crippen LogP contribution is -2.16. The van der Waals surface area contributed by atoms with Crippen molar-refractivity contribution in [3.63, 3.8) is 0 Å². The van der Waals surface area contributed by atoms with E-state index >= 15 is 0 Å². The Kier molecular flexibility index (Phi) is 2.31. The van der Waals surface area contributed by atoms with Gasteiger partial charge in [0.05, 0.1) is 4.47 Å². The maximum absolute atomic E-state index is 7.44. The van der Waals surface area contributed by atoms with E-state index < -0.39 is 0 Å². The molecule has 0 saturated carbocycles. The number of aryl methyl sites for hydroxylation is 1. The summed E-state index contributed by atoms with van der Waals surface area (Å²) in [7, 11) is 1.83. The fraction of sp³-hybridized carbons (Fsp3) is 0.167. The van der Waals surface area contributed by atoms with Crippen LogP contribution in [0.4, 0.5) is 0 Å². The third-order valence-electron chi connectivity index (χ3n) is 1.16. The molecule has 0 saturated heterocycles. The third-order valence-corrected chi connectivity index (χ3v) is 2.20. The fourth-order valence-corrected chi connectivity index (χ4v) is 2.01. The van der Waals surface area contributed by atoms with Crippen molar-refractivity contribution in [2.24, 2.45) is 7.05 Å². The molecule has 0 spiro atoms. The predicted molar refractivity (Wildman–Crippen MR) is 46.7 cm³/mol. The smallest absolute Gasteiger partial charge is 0.139 e. The van der Waals surface area contributed by atoms with Gasteiger partial charge in [0.1, 0.15) is 5.49 Å². The highest BCUT2D eigenvalue weighted by Gasteiger charge is 1.94. The predicted octanol–water partition coefficient (Wildman–Crippen LogP) is 2.03. The average Bonchev–Trinajstić information content (AvgIpc) is 1.82. The molecule has 0 atom stereocenters. The summed E-state index contributed by atoms with van der Waals surface area (Å²) in [6.07, 6.45) is 1.84. The summed E-state index contributed by atoms with van der Waals surface area (Å²) in [4.78, 5) is 0. The molecule has 10 heavy (non-hydrogen) atoms. The molecule has 0 unspecified atom stereocenters. The molecule has 0 amide bonds. The first-order valence-corrected chi connectivity index (χ1v) is 4.26. The van der Waals surface area contributed by atoms with E-state index in [4.69, 9.17) is 5.41 Å². The van der Waals surface area contributed by atoms with E-state index in [-0.39, 0.29) is 0 Å². The fourth-order valence-electron chi connectivity index (χ4n) is 0.645. The number of nitrogens with zero attached hydrogens (tertiary/aromatic N) is 1. The summed E-state index contributed by atoms with van der Waals surface area (Å²) in [5.41, 5.74) is 0.475. The van der Waals surface area contributed by atoms with Gasteiger partial charge < -0.3 is 4.57 Å². The molecule has 1 rings (SSSR count). The molecule has 0 aromatic carbocycles. The van der Waals surface area contributed by atoms with Crippen LogP contribution in [-0.2, 0) is 7.05 Å². The van der Waals surface area contributed by atoms with Gasteiger partial charge in [-0.25, -0.2) is 0 Å². The molecule has 0 radical (unpaired) electrons. The third kappa shape index (κ3) is 1.49. The van der Waals surface area contributed by atoms with Crippen molar-refractivity contribution in [3.05, 3.63) is 26.7 Å². The van der Waals surface area contributed by atoms with Gasteiger partial charge in [-0.2, -0.15) is 0 Å². The molecular formula is C6H6Br2N2. The van der Waals surface area contributed by atoms with Gasteiger partial charge in [-0.3, -0.25) is 5.41 Å². The molecule has 2 nitrogen and oxygen atoms in total. The summed E-state index contributed by atoms with van der Waals surface area (Å²) in [5, 5.41) is 7.44. The summed E-state index contributed by atoms with van der Waals surface area (Å²) >= 11 is 6.57. The molecule has 0 aliphatic heterocycles. The first-order valence-electron chi connectivity index (χ1n) is 2.67. The van der Waals surface area contributed by atoms with Crippen molar-refractivity contribution in [1.82, 2.24) is 4.57 Å². The Bertz CT molecular complexity index is 277. The highest BCUT2D eigenvalue weighted by atomic mass is 79.9. The number of pyridine rings is 1. The zero-order valence-corrected chi connectivity index (χ0v) is 8.53. The first-order chi connectivity index (χ1) is 4.61.